The van der Waals surface area contributed by atoms with Crippen molar-refractivity contribution in [3.05, 3.63) is 65.6 Å². The zero-order valence-corrected chi connectivity index (χ0v) is 17.1. The van der Waals surface area contributed by atoms with Crippen molar-refractivity contribution in [2.24, 2.45) is 7.05 Å². The molecule has 1 aliphatic rings. The molecule has 1 saturated heterocycles. The van der Waals surface area contributed by atoms with E-state index in [1.54, 1.807) is 10.9 Å². The zero-order chi connectivity index (χ0) is 21.5. The summed E-state index contributed by atoms with van der Waals surface area (Å²) in [6.45, 7) is 3.46. The van der Waals surface area contributed by atoms with Gasteiger partial charge in [0.25, 0.3) is 0 Å². The number of fused-ring (bicyclic) bond motifs is 1. The Morgan fingerprint density at radius 2 is 1.97 bits per heavy atom. The van der Waals surface area contributed by atoms with Gasteiger partial charge in [-0.25, -0.2) is 18.7 Å². The molecule has 5 rings (SSSR count). The number of morpholine rings is 1. The molecule has 1 fully saturated rings. The van der Waals surface area contributed by atoms with Crippen molar-refractivity contribution in [3.8, 4) is 11.3 Å². The number of benzene rings is 1. The van der Waals surface area contributed by atoms with Gasteiger partial charge < -0.3 is 9.64 Å². The number of pyridine rings is 1. The summed E-state index contributed by atoms with van der Waals surface area (Å²) < 4.78 is 35.8. The van der Waals surface area contributed by atoms with E-state index in [2.05, 4.69) is 20.1 Å². The molecule has 0 saturated carbocycles. The number of anilines is 1. The molecule has 9 heteroatoms. The highest BCUT2D eigenvalue weighted by Gasteiger charge is 2.26. The Morgan fingerprint density at radius 1 is 1.10 bits per heavy atom. The number of aromatic nitrogens is 5. The van der Waals surface area contributed by atoms with Gasteiger partial charge in [0.05, 0.1) is 25.0 Å². The first-order chi connectivity index (χ1) is 15.0. The number of aryl methyl sites for hydroxylation is 2. The molecule has 0 N–H and O–H groups in total. The van der Waals surface area contributed by atoms with Gasteiger partial charge in [0.2, 0.25) is 5.95 Å². The Bertz CT molecular complexity index is 1270. The second kappa shape index (κ2) is 7.66. The third-order valence-electron chi connectivity index (χ3n) is 5.32. The molecule has 0 aliphatic carbocycles. The topological polar surface area (TPSA) is 69.0 Å². The van der Waals surface area contributed by atoms with Crippen LogP contribution in [0.5, 0.6) is 0 Å². The number of ether oxygens (including phenoxy) is 1. The van der Waals surface area contributed by atoms with E-state index in [1.807, 2.05) is 37.2 Å². The number of hydrogen-bond acceptors (Lipinski definition) is 6. The molecule has 3 aromatic heterocycles. The van der Waals surface area contributed by atoms with Crippen LogP contribution in [0.1, 0.15) is 17.4 Å². The summed E-state index contributed by atoms with van der Waals surface area (Å²) in [6.07, 6.45) is 3.51. The van der Waals surface area contributed by atoms with Crippen molar-refractivity contribution >= 4 is 17.0 Å². The Labute approximate surface area is 177 Å². The van der Waals surface area contributed by atoms with Gasteiger partial charge >= 0.3 is 0 Å². The fourth-order valence-electron chi connectivity index (χ4n) is 3.76. The third kappa shape index (κ3) is 3.72. The Balaban J connectivity index is 1.60. The Morgan fingerprint density at radius 3 is 2.74 bits per heavy atom. The number of rotatable bonds is 3. The minimum atomic E-state index is -0.679. The fourth-order valence-corrected chi connectivity index (χ4v) is 3.76. The van der Waals surface area contributed by atoms with E-state index in [0.29, 0.717) is 42.4 Å². The van der Waals surface area contributed by atoms with Gasteiger partial charge in [-0.3, -0.25) is 4.68 Å². The second-order valence-corrected chi connectivity index (χ2v) is 7.57. The Kier molecular flexibility index (Phi) is 4.82. The van der Waals surface area contributed by atoms with Crippen molar-refractivity contribution in [2.45, 2.75) is 13.0 Å². The molecular weight excluding hydrogens is 402 g/mol. The lowest BCUT2D eigenvalue weighted by Crippen LogP contribution is -2.39. The van der Waals surface area contributed by atoms with Crippen molar-refractivity contribution < 1.29 is 13.5 Å². The molecule has 0 amide bonds. The van der Waals surface area contributed by atoms with Gasteiger partial charge in [-0.1, -0.05) is 0 Å². The maximum atomic E-state index is 14.6. The number of hydrogen-bond donors (Lipinski definition) is 0. The van der Waals surface area contributed by atoms with Gasteiger partial charge in [-0.05, 0) is 31.2 Å². The van der Waals surface area contributed by atoms with Crippen LogP contribution in [-0.4, -0.2) is 44.4 Å². The van der Waals surface area contributed by atoms with Crippen LogP contribution < -0.4 is 4.90 Å². The van der Waals surface area contributed by atoms with E-state index in [4.69, 9.17) is 4.74 Å². The first kappa shape index (κ1) is 19.5. The highest BCUT2D eigenvalue weighted by atomic mass is 19.1. The van der Waals surface area contributed by atoms with Crippen molar-refractivity contribution in [3.63, 3.8) is 0 Å². The van der Waals surface area contributed by atoms with Crippen LogP contribution in [0, 0.1) is 18.6 Å². The average Bonchev–Trinajstić information content (AvgIpc) is 3.19. The molecule has 158 valence electrons. The van der Waals surface area contributed by atoms with Gasteiger partial charge in [0, 0.05) is 48.1 Å². The lowest BCUT2D eigenvalue weighted by Gasteiger charge is -2.32. The smallest absolute Gasteiger partial charge is 0.228 e. The average molecular weight is 422 g/mol. The summed E-state index contributed by atoms with van der Waals surface area (Å²) >= 11 is 0. The quantitative estimate of drug-likeness (QED) is 0.503. The van der Waals surface area contributed by atoms with E-state index in [-0.39, 0.29) is 11.7 Å². The highest BCUT2D eigenvalue weighted by Crippen LogP contribution is 2.31. The molecule has 0 radical (unpaired) electrons. The molecule has 4 heterocycles. The summed E-state index contributed by atoms with van der Waals surface area (Å²) in [5, 5.41) is 4.82. The number of nitrogens with zero attached hydrogens (tertiary/aromatic N) is 6. The molecule has 31 heavy (non-hydrogen) atoms. The standard InChI is InChI=1S/C22H20F2N6O/c1-13-3-5-17-20(16-6-4-15(23)9-18(16)24)27-22(28-21(17)26-13)30-7-8-31-19(12-30)14-10-25-29(2)11-14/h3-6,9-11,19H,7-8,12H2,1-2H3. The molecule has 1 aromatic carbocycles. The van der Waals surface area contributed by atoms with Crippen LogP contribution in [0.4, 0.5) is 14.7 Å². The first-order valence-electron chi connectivity index (χ1n) is 9.94. The van der Waals surface area contributed by atoms with E-state index in [1.165, 1.54) is 12.1 Å². The monoisotopic (exact) mass is 422 g/mol. The summed E-state index contributed by atoms with van der Waals surface area (Å²) in [5.74, 6) is -0.885. The molecule has 0 bridgehead atoms. The van der Waals surface area contributed by atoms with Crippen molar-refractivity contribution in [1.29, 1.82) is 0 Å². The fraction of sp³-hybridized carbons (Fsp3) is 0.273. The molecule has 4 aromatic rings. The largest absolute Gasteiger partial charge is 0.370 e. The minimum Gasteiger partial charge on any atom is -0.370 e. The van der Waals surface area contributed by atoms with E-state index in [9.17, 15) is 8.78 Å². The predicted molar refractivity (Wildman–Crippen MR) is 112 cm³/mol. The summed E-state index contributed by atoms with van der Waals surface area (Å²) in [5.41, 5.74) is 2.81. The Hall–Kier alpha value is -3.46. The van der Waals surface area contributed by atoms with Crippen LogP contribution >= 0.6 is 0 Å². The SMILES string of the molecule is Cc1ccc2c(-c3ccc(F)cc3F)nc(N3CCOC(c4cnn(C)c4)C3)nc2n1. The van der Waals surface area contributed by atoms with E-state index < -0.39 is 11.6 Å². The summed E-state index contributed by atoms with van der Waals surface area (Å²) in [7, 11) is 1.86. The maximum Gasteiger partial charge on any atom is 0.228 e. The lowest BCUT2D eigenvalue weighted by atomic mass is 10.1. The lowest BCUT2D eigenvalue weighted by molar-refractivity contribution is 0.0392. The zero-order valence-electron chi connectivity index (χ0n) is 17.1. The molecule has 1 aliphatic heterocycles. The van der Waals surface area contributed by atoms with E-state index >= 15 is 0 Å². The van der Waals surface area contributed by atoms with Crippen molar-refractivity contribution in [1.82, 2.24) is 24.7 Å². The van der Waals surface area contributed by atoms with Gasteiger partial charge in [0.15, 0.2) is 5.65 Å². The van der Waals surface area contributed by atoms with Gasteiger partial charge in [0.1, 0.15) is 17.7 Å². The van der Waals surface area contributed by atoms with Crippen LogP contribution in [0.25, 0.3) is 22.3 Å². The number of halogens is 2. The minimum absolute atomic E-state index is 0.182. The van der Waals surface area contributed by atoms with Crippen molar-refractivity contribution in [2.75, 3.05) is 24.6 Å². The van der Waals surface area contributed by atoms with Crippen LogP contribution in [-0.2, 0) is 11.8 Å². The normalized spacial score (nSPS) is 16.8. The first-order valence-corrected chi connectivity index (χ1v) is 9.94. The highest BCUT2D eigenvalue weighted by molar-refractivity contribution is 5.91. The van der Waals surface area contributed by atoms with Crippen LogP contribution in [0.3, 0.4) is 0 Å². The maximum absolute atomic E-state index is 14.6. The second-order valence-electron chi connectivity index (χ2n) is 7.57. The molecular formula is C22H20F2N6O. The molecule has 1 unspecified atom stereocenters. The van der Waals surface area contributed by atoms with Crippen LogP contribution in [0.2, 0.25) is 0 Å². The van der Waals surface area contributed by atoms with Gasteiger partial charge in [-0.2, -0.15) is 10.1 Å². The predicted octanol–water partition coefficient (Wildman–Crippen LogP) is 3.59. The van der Waals surface area contributed by atoms with Gasteiger partial charge in [-0.15, -0.1) is 0 Å². The summed E-state index contributed by atoms with van der Waals surface area (Å²) in [4.78, 5) is 15.9. The van der Waals surface area contributed by atoms with E-state index in [0.717, 1.165) is 17.3 Å². The molecule has 0 spiro atoms. The molecule has 7 nitrogen and oxygen atoms in total. The third-order valence-corrected chi connectivity index (χ3v) is 5.32. The molecule has 1 atom stereocenters. The van der Waals surface area contributed by atoms with Crippen LogP contribution in [0.15, 0.2) is 42.7 Å². The summed E-state index contributed by atoms with van der Waals surface area (Å²) in [6, 6.07) is 7.12.